The Bertz CT molecular complexity index is 935. The number of carbonyl (C=O) groups excluding carboxylic acids is 2. The van der Waals surface area contributed by atoms with Gasteiger partial charge in [0.1, 0.15) is 0 Å². The molecule has 0 radical (unpaired) electrons. The van der Waals surface area contributed by atoms with Gasteiger partial charge in [0.25, 0.3) is 0 Å². The van der Waals surface area contributed by atoms with Crippen LogP contribution in [0.5, 0.6) is 0 Å². The van der Waals surface area contributed by atoms with Gasteiger partial charge in [0, 0.05) is 11.1 Å². The van der Waals surface area contributed by atoms with E-state index in [0.717, 1.165) is 27.5 Å². The van der Waals surface area contributed by atoms with Crippen LogP contribution in [0, 0.1) is 6.92 Å². The fraction of sp³-hybridized carbons (Fsp3) is 0.0526. The first-order valence-corrected chi connectivity index (χ1v) is 6.88. The van der Waals surface area contributed by atoms with Crippen molar-refractivity contribution in [2.45, 2.75) is 6.92 Å². The fourth-order valence-electron chi connectivity index (χ4n) is 2.97. The Morgan fingerprint density at radius 1 is 0.619 bits per heavy atom. The molecule has 0 N–H and O–H groups in total. The van der Waals surface area contributed by atoms with Crippen LogP contribution in [0.2, 0.25) is 0 Å². The van der Waals surface area contributed by atoms with Crippen molar-refractivity contribution in [3.8, 4) is 11.1 Å². The van der Waals surface area contributed by atoms with Gasteiger partial charge in [0.15, 0.2) is 0 Å². The van der Waals surface area contributed by atoms with E-state index in [1.54, 1.807) is 6.07 Å². The molecule has 4 rings (SSSR count). The SMILES string of the molecule is Cc1ccc2c(c1)-c1cc3ccccc3cc1C(=O)C2=O. The smallest absolute Gasteiger partial charge is 0.234 e. The zero-order chi connectivity index (χ0) is 14.6. The third-order valence-corrected chi connectivity index (χ3v) is 4.05. The van der Waals surface area contributed by atoms with E-state index < -0.39 is 11.6 Å². The summed E-state index contributed by atoms with van der Waals surface area (Å²) in [6.45, 7) is 1.99. The van der Waals surface area contributed by atoms with E-state index in [2.05, 4.69) is 0 Å². The van der Waals surface area contributed by atoms with Gasteiger partial charge in [0.05, 0.1) is 0 Å². The van der Waals surface area contributed by atoms with E-state index in [0.29, 0.717) is 11.1 Å². The lowest BCUT2D eigenvalue weighted by molar-refractivity contribution is 0.0815. The number of hydrogen-bond acceptors (Lipinski definition) is 2. The number of ketones is 2. The first kappa shape index (κ1) is 12.0. The van der Waals surface area contributed by atoms with E-state index in [-0.39, 0.29) is 0 Å². The maximum absolute atomic E-state index is 12.4. The van der Waals surface area contributed by atoms with Crippen molar-refractivity contribution in [3.05, 3.63) is 71.3 Å². The minimum absolute atomic E-state index is 0.409. The van der Waals surface area contributed by atoms with Crippen LogP contribution in [0.4, 0.5) is 0 Å². The second kappa shape index (κ2) is 4.13. The highest BCUT2D eigenvalue weighted by Crippen LogP contribution is 2.36. The minimum Gasteiger partial charge on any atom is -0.285 e. The van der Waals surface area contributed by atoms with Gasteiger partial charge in [-0.25, -0.2) is 0 Å². The Morgan fingerprint density at radius 2 is 1.19 bits per heavy atom. The van der Waals surface area contributed by atoms with E-state index >= 15 is 0 Å². The summed E-state index contributed by atoms with van der Waals surface area (Å²) in [7, 11) is 0. The van der Waals surface area contributed by atoms with Crippen LogP contribution in [0.3, 0.4) is 0 Å². The van der Waals surface area contributed by atoms with E-state index in [1.165, 1.54) is 0 Å². The van der Waals surface area contributed by atoms with Crippen molar-refractivity contribution in [2.75, 3.05) is 0 Å². The zero-order valence-electron chi connectivity index (χ0n) is 11.5. The maximum atomic E-state index is 12.4. The minimum atomic E-state index is -0.410. The Kier molecular flexibility index (Phi) is 2.36. The molecular weight excluding hydrogens is 260 g/mol. The molecule has 0 saturated carbocycles. The topological polar surface area (TPSA) is 34.1 Å². The normalized spacial score (nSPS) is 13.2. The molecule has 1 aliphatic rings. The van der Waals surface area contributed by atoms with Crippen LogP contribution in [0.15, 0.2) is 54.6 Å². The second-order valence-electron chi connectivity index (χ2n) is 5.45. The lowest BCUT2D eigenvalue weighted by Crippen LogP contribution is -2.21. The molecule has 1 aliphatic carbocycles. The molecule has 0 saturated heterocycles. The number of Topliss-reactive ketones (excluding diaryl/α,β-unsaturated/α-hetero) is 2. The van der Waals surface area contributed by atoms with Crippen LogP contribution in [-0.2, 0) is 0 Å². The molecule has 0 fully saturated rings. The number of fused-ring (bicyclic) bond motifs is 4. The third kappa shape index (κ3) is 1.66. The van der Waals surface area contributed by atoms with Gasteiger partial charge < -0.3 is 0 Å². The summed E-state index contributed by atoms with van der Waals surface area (Å²) < 4.78 is 0. The second-order valence-corrected chi connectivity index (χ2v) is 5.45. The molecule has 0 heterocycles. The molecule has 0 aliphatic heterocycles. The molecule has 0 unspecified atom stereocenters. The first-order valence-electron chi connectivity index (χ1n) is 6.88. The third-order valence-electron chi connectivity index (χ3n) is 4.05. The van der Waals surface area contributed by atoms with E-state index in [9.17, 15) is 9.59 Å². The molecule has 3 aromatic carbocycles. The molecule has 2 heteroatoms. The monoisotopic (exact) mass is 272 g/mol. The maximum Gasteiger partial charge on any atom is 0.234 e. The molecule has 0 aromatic heterocycles. The molecule has 0 bridgehead atoms. The summed E-state index contributed by atoms with van der Waals surface area (Å²) in [4.78, 5) is 24.6. The highest BCUT2D eigenvalue weighted by atomic mass is 16.2. The van der Waals surface area contributed by atoms with Crippen molar-refractivity contribution in [1.82, 2.24) is 0 Å². The first-order chi connectivity index (χ1) is 10.1. The van der Waals surface area contributed by atoms with Crippen LogP contribution in [-0.4, -0.2) is 11.6 Å². The molecule has 0 amide bonds. The van der Waals surface area contributed by atoms with Crippen molar-refractivity contribution in [2.24, 2.45) is 0 Å². The number of rotatable bonds is 0. The van der Waals surface area contributed by atoms with Gasteiger partial charge in [-0.2, -0.15) is 0 Å². The Balaban J connectivity index is 2.14. The average Bonchev–Trinajstić information content (AvgIpc) is 2.51. The Labute approximate surface area is 122 Å². The van der Waals surface area contributed by atoms with Gasteiger partial charge in [-0.15, -0.1) is 0 Å². The summed E-state index contributed by atoms with van der Waals surface area (Å²) in [6, 6.07) is 17.3. The lowest BCUT2D eigenvalue weighted by Gasteiger charge is -2.19. The number of benzene rings is 3. The molecular formula is C19H12O2. The predicted molar refractivity (Wildman–Crippen MR) is 82.8 cm³/mol. The number of hydrogen-bond donors (Lipinski definition) is 0. The summed E-state index contributed by atoms with van der Waals surface area (Å²) in [6.07, 6.45) is 0. The van der Waals surface area contributed by atoms with Crippen molar-refractivity contribution < 1.29 is 9.59 Å². The zero-order valence-corrected chi connectivity index (χ0v) is 11.5. The largest absolute Gasteiger partial charge is 0.285 e. The average molecular weight is 272 g/mol. The highest BCUT2D eigenvalue weighted by molar-refractivity contribution is 6.53. The molecule has 2 nitrogen and oxygen atoms in total. The molecule has 100 valence electrons. The van der Waals surface area contributed by atoms with Crippen molar-refractivity contribution in [3.63, 3.8) is 0 Å². The molecule has 0 spiro atoms. The standard InChI is InChI=1S/C19H12O2/c1-11-6-7-14-15(8-11)16-9-12-4-2-3-5-13(12)10-17(16)19(21)18(14)20/h2-10H,1H3. The van der Waals surface area contributed by atoms with E-state index in [1.807, 2.05) is 55.5 Å². The molecule has 0 atom stereocenters. The van der Waals surface area contributed by atoms with E-state index in [4.69, 9.17) is 0 Å². The van der Waals surface area contributed by atoms with Gasteiger partial charge >= 0.3 is 0 Å². The number of aryl methyl sites for hydroxylation is 1. The van der Waals surface area contributed by atoms with Crippen LogP contribution in [0.1, 0.15) is 26.3 Å². The van der Waals surface area contributed by atoms with Crippen molar-refractivity contribution in [1.29, 1.82) is 0 Å². The Morgan fingerprint density at radius 3 is 1.90 bits per heavy atom. The highest BCUT2D eigenvalue weighted by Gasteiger charge is 2.30. The summed E-state index contributed by atoms with van der Waals surface area (Å²) in [5.41, 5.74) is 3.82. The number of carbonyl (C=O) groups is 2. The quantitative estimate of drug-likeness (QED) is 0.575. The van der Waals surface area contributed by atoms with Gasteiger partial charge in [0.2, 0.25) is 11.6 Å². The van der Waals surface area contributed by atoms with Crippen LogP contribution in [0.25, 0.3) is 21.9 Å². The lowest BCUT2D eigenvalue weighted by atomic mass is 9.82. The van der Waals surface area contributed by atoms with Crippen LogP contribution < -0.4 is 0 Å². The van der Waals surface area contributed by atoms with Crippen molar-refractivity contribution >= 4 is 22.3 Å². The summed E-state index contributed by atoms with van der Waals surface area (Å²) in [5.74, 6) is -0.820. The summed E-state index contributed by atoms with van der Waals surface area (Å²) in [5, 5.41) is 2.05. The Hall–Kier alpha value is -2.74. The van der Waals surface area contributed by atoms with Gasteiger partial charge in [-0.1, -0.05) is 48.0 Å². The van der Waals surface area contributed by atoms with Crippen LogP contribution >= 0.6 is 0 Å². The summed E-state index contributed by atoms with van der Waals surface area (Å²) >= 11 is 0. The fourth-order valence-corrected chi connectivity index (χ4v) is 2.97. The van der Waals surface area contributed by atoms with Gasteiger partial charge in [-0.3, -0.25) is 9.59 Å². The molecule has 3 aromatic rings. The predicted octanol–water partition coefficient (Wildman–Crippen LogP) is 4.19. The van der Waals surface area contributed by atoms with Gasteiger partial charge in [-0.05, 0) is 41.0 Å². The molecule has 21 heavy (non-hydrogen) atoms.